The zero-order valence-corrected chi connectivity index (χ0v) is 12.4. The van der Waals surface area contributed by atoms with E-state index in [0.717, 1.165) is 0 Å². The maximum atomic E-state index is 11.9. The molecule has 7 heteroatoms. The van der Waals surface area contributed by atoms with Crippen LogP contribution < -0.4 is 11.3 Å². The highest BCUT2D eigenvalue weighted by atomic mass is 16.5. The van der Waals surface area contributed by atoms with E-state index in [4.69, 9.17) is 10.5 Å². The van der Waals surface area contributed by atoms with Crippen molar-refractivity contribution in [2.24, 2.45) is 0 Å². The van der Waals surface area contributed by atoms with Gasteiger partial charge in [0, 0.05) is 5.56 Å². The Morgan fingerprint density at radius 2 is 1.91 bits per heavy atom. The van der Waals surface area contributed by atoms with Crippen molar-refractivity contribution in [3.8, 4) is 23.3 Å². The molecule has 3 N–H and O–H groups in total. The number of methoxy groups -OCH3 is 1. The van der Waals surface area contributed by atoms with Gasteiger partial charge >= 0.3 is 5.97 Å². The number of rotatable bonds is 2. The Hall–Kier alpha value is -3.58. The number of esters is 1. The van der Waals surface area contributed by atoms with Crippen molar-refractivity contribution in [3.05, 3.63) is 50.8 Å². The number of aromatic nitrogens is 1. The van der Waals surface area contributed by atoms with Gasteiger partial charge in [0.15, 0.2) is 0 Å². The predicted octanol–water partition coefficient (Wildman–Crippen LogP) is 1.46. The van der Waals surface area contributed by atoms with Gasteiger partial charge in [-0.1, -0.05) is 12.1 Å². The number of nitriles is 2. The summed E-state index contributed by atoms with van der Waals surface area (Å²) in [4.78, 5) is 26.0. The molecule has 0 radical (unpaired) electrons. The van der Waals surface area contributed by atoms with Crippen molar-refractivity contribution < 1.29 is 9.53 Å². The van der Waals surface area contributed by atoms with Crippen LogP contribution in [0.2, 0.25) is 0 Å². The normalized spacial score (nSPS) is 9.74. The number of hydrogen-bond donors (Lipinski definition) is 2. The van der Waals surface area contributed by atoms with Gasteiger partial charge in [-0.2, -0.15) is 10.5 Å². The highest BCUT2D eigenvalue weighted by molar-refractivity contribution is 5.93. The molecule has 0 spiro atoms. The molecule has 0 saturated heterocycles. The molecule has 1 heterocycles. The maximum absolute atomic E-state index is 11.9. The van der Waals surface area contributed by atoms with Crippen LogP contribution in [-0.4, -0.2) is 18.1 Å². The van der Waals surface area contributed by atoms with Crippen LogP contribution in [0.3, 0.4) is 0 Å². The highest BCUT2D eigenvalue weighted by Gasteiger charge is 2.20. The number of pyridine rings is 1. The summed E-state index contributed by atoms with van der Waals surface area (Å²) >= 11 is 0. The van der Waals surface area contributed by atoms with Crippen LogP contribution in [0, 0.1) is 29.6 Å². The first-order chi connectivity index (χ1) is 10.9. The highest BCUT2D eigenvalue weighted by Crippen LogP contribution is 2.29. The third-order valence-corrected chi connectivity index (χ3v) is 3.40. The van der Waals surface area contributed by atoms with Crippen molar-refractivity contribution in [1.29, 1.82) is 10.5 Å². The number of H-pyrrole nitrogens is 1. The molecule has 0 aliphatic carbocycles. The lowest BCUT2D eigenvalue weighted by atomic mass is 9.94. The predicted molar refractivity (Wildman–Crippen MR) is 82.4 cm³/mol. The summed E-state index contributed by atoms with van der Waals surface area (Å²) in [7, 11) is 1.25. The van der Waals surface area contributed by atoms with Crippen LogP contribution in [0.15, 0.2) is 23.0 Å². The SMILES string of the molecule is COC(=O)c1cc(-c2c(C#N)c(N)[nH]c(=O)c2C#N)ccc1C. The van der Waals surface area contributed by atoms with E-state index < -0.39 is 11.5 Å². The second-order valence-corrected chi connectivity index (χ2v) is 4.74. The fraction of sp³-hybridized carbons (Fsp3) is 0.125. The van der Waals surface area contributed by atoms with Gasteiger partial charge < -0.3 is 15.5 Å². The monoisotopic (exact) mass is 308 g/mol. The van der Waals surface area contributed by atoms with Gasteiger partial charge in [-0.25, -0.2) is 4.79 Å². The van der Waals surface area contributed by atoms with Crippen LogP contribution in [0.25, 0.3) is 11.1 Å². The number of aryl methyl sites for hydroxylation is 1. The van der Waals surface area contributed by atoms with Crippen LogP contribution in [0.4, 0.5) is 5.82 Å². The molecule has 1 aromatic carbocycles. The Balaban J connectivity index is 2.88. The minimum Gasteiger partial charge on any atom is -0.465 e. The van der Waals surface area contributed by atoms with Crippen LogP contribution in [0.5, 0.6) is 0 Å². The molecule has 0 bridgehead atoms. The summed E-state index contributed by atoms with van der Waals surface area (Å²) in [6.45, 7) is 1.72. The van der Waals surface area contributed by atoms with E-state index in [1.807, 2.05) is 6.07 Å². The molecule has 0 amide bonds. The summed E-state index contributed by atoms with van der Waals surface area (Å²) in [6, 6.07) is 8.37. The Morgan fingerprint density at radius 1 is 1.26 bits per heavy atom. The first-order valence-corrected chi connectivity index (χ1v) is 6.49. The number of nitrogens with two attached hydrogens (primary N) is 1. The molecule has 1 aromatic heterocycles. The fourth-order valence-electron chi connectivity index (χ4n) is 2.24. The number of aromatic amines is 1. The van der Waals surface area contributed by atoms with E-state index in [9.17, 15) is 20.1 Å². The number of nitrogens with one attached hydrogen (secondary N) is 1. The molecular formula is C16H12N4O3. The molecule has 114 valence electrons. The van der Waals surface area contributed by atoms with Gasteiger partial charge in [0.05, 0.1) is 12.7 Å². The zero-order chi connectivity index (χ0) is 17.1. The maximum Gasteiger partial charge on any atom is 0.338 e. The van der Waals surface area contributed by atoms with Crippen LogP contribution in [0.1, 0.15) is 27.0 Å². The van der Waals surface area contributed by atoms with E-state index in [0.29, 0.717) is 11.1 Å². The summed E-state index contributed by atoms with van der Waals surface area (Å²) in [5.74, 6) is -0.689. The average molecular weight is 308 g/mol. The Kier molecular flexibility index (Phi) is 4.15. The van der Waals surface area contributed by atoms with Gasteiger partial charge in [-0.3, -0.25) is 4.79 Å². The van der Waals surface area contributed by atoms with Gasteiger partial charge in [0.2, 0.25) is 0 Å². The van der Waals surface area contributed by atoms with E-state index in [1.54, 1.807) is 25.1 Å². The van der Waals surface area contributed by atoms with Crippen molar-refractivity contribution >= 4 is 11.8 Å². The second-order valence-electron chi connectivity index (χ2n) is 4.74. The summed E-state index contributed by atoms with van der Waals surface area (Å²) in [5, 5.41) is 18.5. The number of carbonyl (C=O) groups is 1. The van der Waals surface area contributed by atoms with E-state index in [1.165, 1.54) is 13.2 Å². The van der Waals surface area contributed by atoms with Crippen molar-refractivity contribution in [2.45, 2.75) is 6.92 Å². The number of ether oxygens (including phenoxy) is 1. The molecule has 0 unspecified atom stereocenters. The lowest BCUT2D eigenvalue weighted by Gasteiger charge is -2.11. The summed E-state index contributed by atoms with van der Waals surface area (Å²) in [6.07, 6.45) is 0. The number of nitrogen functional groups attached to an aromatic ring is 1. The summed E-state index contributed by atoms with van der Waals surface area (Å²) in [5.41, 5.74) is 6.10. The number of benzene rings is 1. The Bertz CT molecular complexity index is 946. The van der Waals surface area contributed by atoms with Crippen LogP contribution >= 0.6 is 0 Å². The quantitative estimate of drug-likeness (QED) is 0.807. The average Bonchev–Trinajstić information content (AvgIpc) is 2.54. The lowest BCUT2D eigenvalue weighted by Crippen LogP contribution is -2.16. The topological polar surface area (TPSA) is 133 Å². The first-order valence-electron chi connectivity index (χ1n) is 6.49. The molecule has 2 rings (SSSR count). The molecule has 2 aromatic rings. The van der Waals surface area contributed by atoms with Gasteiger partial charge in [-0.15, -0.1) is 0 Å². The number of hydrogen-bond acceptors (Lipinski definition) is 6. The molecule has 23 heavy (non-hydrogen) atoms. The van der Waals surface area contributed by atoms with Crippen molar-refractivity contribution in [3.63, 3.8) is 0 Å². The first kappa shape index (κ1) is 15.8. The Morgan fingerprint density at radius 3 is 2.48 bits per heavy atom. The minimum atomic E-state index is -0.695. The summed E-state index contributed by atoms with van der Waals surface area (Å²) < 4.78 is 4.71. The molecule has 7 nitrogen and oxygen atoms in total. The van der Waals surface area contributed by atoms with Crippen molar-refractivity contribution in [2.75, 3.05) is 12.8 Å². The third-order valence-electron chi connectivity index (χ3n) is 3.40. The molecule has 0 fully saturated rings. The molecule has 0 aliphatic heterocycles. The van der Waals surface area contributed by atoms with E-state index >= 15 is 0 Å². The molecule has 0 aliphatic rings. The standard InChI is InChI=1S/C16H12N4O3/c1-8-3-4-9(5-10(8)16(22)23-2)13-11(6-17)14(19)20-15(21)12(13)7-18/h3-5H,1-2H3,(H3,19,20,21). The van der Waals surface area contributed by atoms with Gasteiger partial charge in [0.25, 0.3) is 5.56 Å². The molecular weight excluding hydrogens is 296 g/mol. The smallest absolute Gasteiger partial charge is 0.338 e. The number of carbonyl (C=O) groups excluding carboxylic acids is 1. The number of anilines is 1. The van der Waals surface area contributed by atoms with Gasteiger partial charge in [-0.05, 0) is 24.1 Å². The van der Waals surface area contributed by atoms with Gasteiger partial charge in [0.1, 0.15) is 29.1 Å². The Labute approximate surface area is 131 Å². The zero-order valence-electron chi connectivity index (χ0n) is 12.4. The second kappa shape index (κ2) is 6.04. The van der Waals surface area contributed by atoms with E-state index in [-0.39, 0.29) is 28.1 Å². The van der Waals surface area contributed by atoms with Crippen molar-refractivity contribution in [1.82, 2.24) is 4.98 Å². The largest absolute Gasteiger partial charge is 0.465 e. The number of nitrogens with zero attached hydrogens (tertiary/aromatic N) is 2. The lowest BCUT2D eigenvalue weighted by molar-refractivity contribution is 0.0600. The van der Waals surface area contributed by atoms with E-state index in [2.05, 4.69) is 4.98 Å². The fourth-order valence-corrected chi connectivity index (χ4v) is 2.24. The third kappa shape index (κ3) is 2.63. The van der Waals surface area contributed by atoms with Crippen LogP contribution in [-0.2, 0) is 4.74 Å². The molecule has 0 saturated carbocycles. The minimum absolute atomic E-state index is 0.0270. The molecule has 0 atom stereocenters.